The van der Waals surface area contributed by atoms with Crippen LogP contribution in [-0.2, 0) is 4.74 Å². The predicted molar refractivity (Wildman–Crippen MR) is 111 cm³/mol. The first-order valence-corrected chi connectivity index (χ1v) is 9.66. The van der Waals surface area contributed by atoms with Crippen LogP contribution in [0.25, 0.3) is 0 Å². The molecule has 0 unspecified atom stereocenters. The van der Waals surface area contributed by atoms with Gasteiger partial charge in [0.15, 0.2) is 0 Å². The summed E-state index contributed by atoms with van der Waals surface area (Å²) in [7, 11) is 3.97. The van der Waals surface area contributed by atoms with E-state index < -0.39 is 0 Å². The van der Waals surface area contributed by atoms with Gasteiger partial charge in [-0.2, -0.15) is 0 Å². The van der Waals surface area contributed by atoms with Crippen LogP contribution in [0.5, 0.6) is 0 Å². The van der Waals surface area contributed by atoms with Crippen molar-refractivity contribution in [2.24, 2.45) is 0 Å². The number of rotatable bonds is 8. The van der Waals surface area contributed by atoms with Gasteiger partial charge >= 0.3 is 6.03 Å². The third-order valence-electron chi connectivity index (χ3n) is 4.65. The summed E-state index contributed by atoms with van der Waals surface area (Å²) in [6.07, 6.45) is 1.44. The van der Waals surface area contributed by atoms with Gasteiger partial charge in [-0.25, -0.2) is 4.79 Å². The number of nitrogens with zero attached hydrogens (tertiary/aromatic N) is 3. The van der Waals surface area contributed by atoms with E-state index in [1.807, 2.05) is 55.1 Å². The van der Waals surface area contributed by atoms with Crippen molar-refractivity contribution in [3.05, 3.63) is 48.0 Å². The first-order chi connectivity index (χ1) is 13.4. The van der Waals surface area contributed by atoms with Gasteiger partial charge in [0, 0.05) is 38.3 Å². The van der Waals surface area contributed by atoms with Crippen molar-refractivity contribution in [2.75, 3.05) is 60.0 Å². The molecule has 7 nitrogen and oxygen atoms in total. The summed E-state index contributed by atoms with van der Waals surface area (Å²) in [6, 6.07) is 7.48. The molecule has 1 aromatic carbocycles. The van der Waals surface area contributed by atoms with Gasteiger partial charge in [0.25, 0.3) is 5.91 Å². The zero-order valence-corrected chi connectivity index (χ0v) is 17.2. The maximum absolute atomic E-state index is 13.0. The number of carbonyl (C=O) groups is 2. The van der Waals surface area contributed by atoms with Crippen LogP contribution in [-0.4, -0.2) is 92.7 Å². The van der Waals surface area contributed by atoms with E-state index in [1.165, 1.54) is 0 Å². The molecule has 0 bridgehead atoms. The minimum absolute atomic E-state index is 0.0151. The summed E-state index contributed by atoms with van der Waals surface area (Å²) < 4.78 is 5.86. The number of ether oxygens (including phenoxy) is 1. The lowest BCUT2D eigenvalue weighted by atomic mass is 10.1. The number of amides is 3. The minimum atomic E-state index is -0.209. The maximum atomic E-state index is 13.0. The van der Waals surface area contributed by atoms with Crippen molar-refractivity contribution < 1.29 is 14.3 Å². The topological polar surface area (TPSA) is 65.1 Å². The predicted octanol–water partition coefficient (Wildman–Crippen LogP) is 1.60. The highest BCUT2D eigenvalue weighted by atomic mass is 16.5. The van der Waals surface area contributed by atoms with E-state index in [2.05, 4.69) is 11.9 Å². The molecule has 1 atom stereocenters. The highest BCUT2D eigenvalue weighted by molar-refractivity contribution is 5.94. The Morgan fingerprint density at radius 1 is 1.29 bits per heavy atom. The Kier molecular flexibility index (Phi) is 8.47. The third kappa shape index (κ3) is 6.65. The summed E-state index contributed by atoms with van der Waals surface area (Å²) in [5, 5.41) is 2.80. The molecule has 28 heavy (non-hydrogen) atoms. The molecular weight excluding hydrogens is 356 g/mol. The Labute approximate surface area is 167 Å². The number of morpholine rings is 1. The first-order valence-electron chi connectivity index (χ1n) is 9.66. The molecule has 0 aliphatic carbocycles. The Bertz CT molecular complexity index is 660. The zero-order chi connectivity index (χ0) is 20.5. The fraction of sp³-hybridized carbons (Fsp3) is 0.524. The number of nitrogens with one attached hydrogen (secondary N) is 1. The molecule has 1 N–H and O–H groups in total. The van der Waals surface area contributed by atoms with Gasteiger partial charge in [0.2, 0.25) is 0 Å². The molecule has 2 rings (SSSR count). The normalized spacial score (nSPS) is 16.7. The van der Waals surface area contributed by atoms with Crippen LogP contribution in [0.4, 0.5) is 4.79 Å². The Balaban J connectivity index is 2.04. The molecule has 0 spiro atoms. The fourth-order valence-electron chi connectivity index (χ4n) is 3.01. The van der Waals surface area contributed by atoms with Crippen LogP contribution in [0.2, 0.25) is 0 Å². The van der Waals surface area contributed by atoms with Gasteiger partial charge in [0.05, 0.1) is 19.3 Å². The molecule has 154 valence electrons. The van der Waals surface area contributed by atoms with Crippen molar-refractivity contribution >= 4 is 11.9 Å². The number of likely N-dealkylation sites (N-methyl/N-ethyl adjacent to an activating group) is 1. The van der Waals surface area contributed by atoms with Gasteiger partial charge in [0.1, 0.15) is 0 Å². The van der Waals surface area contributed by atoms with Crippen molar-refractivity contribution in [3.63, 3.8) is 0 Å². The number of benzene rings is 1. The lowest BCUT2D eigenvalue weighted by Crippen LogP contribution is -2.53. The summed E-state index contributed by atoms with van der Waals surface area (Å²) >= 11 is 0. The second kappa shape index (κ2) is 10.8. The van der Waals surface area contributed by atoms with Crippen molar-refractivity contribution in [1.82, 2.24) is 20.0 Å². The first kappa shape index (κ1) is 21.9. The van der Waals surface area contributed by atoms with Gasteiger partial charge in [-0.15, -0.1) is 6.58 Å². The largest absolute Gasteiger partial charge is 0.373 e. The molecule has 0 aromatic heterocycles. The Morgan fingerprint density at radius 3 is 2.64 bits per heavy atom. The molecule has 1 saturated heterocycles. The van der Waals surface area contributed by atoms with E-state index in [9.17, 15) is 9.59 Å². The molecule has 1 heterocycles. The maximum Gasteiger partial charge on any atom is 0.317 e. The average molecular weight is 389 g/mol. The molecule has 1 aliphatic heterocycles. The fourth-order valence-corrected chi connectivity index (χ4v) is 3.01. The molecule has 3 amide bonds. The van der Waals surface area contributed by atoms with E-state index in [0.29, 0.717) is 44.9 Å². The van der Waals surface area contributed by atoms with Gasteiger partial charge in [-0.1, -0.05) is 23.8 Å². The number of hydrogen-bond acceptors (Lipinski definition) is 4. The SMILES string of the molecule is C=CCNC(=O)N1CCO[C@@H](CN(CCN(C)C)C(=O)c2ccc(C)cc2)C1. The molecule has 0 saturated carbocycles. The zero-order valence-electron chi connectivity index (χ0n) is 17.2. The highest BCUT2D eigenvalue weighted by Gasteiger charge is 2.27. The highest BCUT2D eigenvalue weighted by Crippen LogP contribution is 2.12. The molecular formula is C21H32N4O3. The second-order valence-corrected chi connectivity index (χ2v) is 7.33. The summed E-state index contributed by atoms with van der Waals surface area (Å²) in [5.74, 6) is -0.0151. The van der Waals surface area contributed by atoms with Crippen molar-refractivity contribution in [1.29, 1.82) is 0 Å². The lowest BCUT2D eigenvalue weighted by Gasteiger charge is -2.36. The van der Waals surface area contributed by atoms with Crippen LogP contribution in [0, 0.1) is 6.92 Å². The van der Waals surface area contributed by atoms with E-state index in [4.69, 9.17) is 4.74 Å². The third-order valence-corrected chi connectivity index (χ3v) is 4.65. The van der Waals surface area contributed by atoms with Crippen LogP contribution in [0.15, 0.2) is 36.9 Å². The number of hydrogen-bond donors (Lipinski definition) is 1. The van der Waals surface area contributed by atoms with Crippen molar-refractivity contribution in [2.45, 2.75) is 13.0 Å². The molecule has 7 heteroatoms. The smallest absolute Gasteiger partial charge is 0.317 e. The van der Waals surface area contributed by atoms with E-state index in [1.54, 1.807) is 11.0 Å². The molecule has 1 aromatic rings. The number of carbonyl (C=O) groups excluding carboxylic acids is 2. The second-order valence-electron chi connectivity index (χ2n) is 7.33. The molecule has 1 aliphatic rings. The quantitative estimate of drug-likeness (QED) is 0.687. The van der Waals surface area contributed by atoms with Gasteiger partial charge in [-0.05, 0) is 33.2 Å². The monoisotopic (exact) mass is 388 g/mol. The Hall–Kier alpha value is -2.38. The van der Waals surface area contributed by atoms with E-state index in [-0.39, 0.29) is 18.0 Å². The average Bonchev–Trinajstić information content (AvgIpc) is 2.69. The van der Waals surface area contributed by atoms with Crippen LogP contribution in [0.3, 0.4) is 0 Å². The number of aryl methyl sites for hydroxylation is 1. The standard InChI is InChI=1S/C21H32N4O3/c1-5-10-22-21(27)25-13-14-28-19(16-25)15-24(12-11-23(3)4)20(26)18-8-6-17(2)7-9-18/h5-9,19H,1,10-16H2,2-4H3,(H,22,27)/t19-/m0/s1. The summed E-state index contributed by atoms with van der Waals surface area (Å²) in [6.45, 7) is 9.32. The van der Waals surface area contributed by atoms with Crippen LogP contribution in [0.1, 0.15) is 15.9 Å². The summed E-state index contributed by atoms with van der Waals surface area (Å²) in [4.78, 5) is 30.9. The molecule has 1 fully saturated rings. The van der Waals surface area contributed by atoms with E-state index in [0.717, 1.165) is 12.1 Å². The van der Waals surface area contributed by atoms with Gasteiger partial charge < -0.3 is 24.8 Å². The summed E-state index contributed by atoms with van der Waals surface area (Å²) in [5.41, 5.74) is 1.79. The van der Waals surface area contributed by atoms with Crippen LogP contribution >= 0.6 is 0 Å². The van der Waals surface area contributed by atoms with Crippen molar-refractivity contribution in [3.8, 4) is 0 Å². The lowest BCUT2D eigenvalue weighted by molar-refractivity contribution is -0.0280. The van der Waals surface area contributed by atoms with Gasteiger partial charge in [-0.3, -0.25) is 4.79 Å². The minimum Gasteiger partial charge on any atom is -0.373 e. The van der Waals surface area contributed by atoms with Crippen LogP contribution < -0.4 is 5.32 Å². The van der Waals surface area contributed by atoms with E-state index >= 15 is 0 Å². The molecule has 0 radical (unpaired) electrons. The number of urea groups is 1. The Morgan fingerprint density at radius 2 is 2.00 bits per heavy atom.